The van der Waals surface area contributed by atoms with Gasteiger partial charge in [0.1, 0.15) is 0 Å². The van der Waals surface area contributed by atoms with Gasteiger partial charge in [0.15, 0.2) is 0 Å². The maximum atomic E-state index is 2.87. The van der Waals surface area contributed by atoms with E-state index in [4.69, 9.17) is 0 Å². The molecule has 0 saturated heterocycles. The minimum atomic E-state index is 1.18. The molecule has 0 aliphatic carbocycles. The summed E-state index contributed by atoms with van der Waals surface area (Å²) in [5, 5.41) is 0. The van der Waals surface area contributed by atoms with Gasteiger partial charge in [-0.25, -0.2) is 0 Å². The average Bonchev–Trinajstić information content (AvgIpc) is 3.10. The van der Waals surface area contributed by atoms with Crippen molar-refractivity contribution in [3.05, 3.63) is 0 Å². The lowest BCUT2D eigenvalue weighted by Crippen LogP contribution is -2.52. The fraction of sp³-hybridized carbons (Fsp3) is 1.00. The summed E-state index contributed by atoms with van der Waals surface area (Å²) in [6.07, 6.45) is 43.0. The Balaban J connectivity index is 4.70. The van der Waals surface area contributed by atoms with E-state index in [-0.39, 0.29) is 0 Å². The van der Waals surface area contributed by atoms with Crippen LogP contribution in [0.4, 0.5) is 0 Å². The summed E-state index contributed by atoms with van der Waals surface area (Å²) in [5.41, 5.74) is 0. The van der Waals surface area contributed by atoms with Crippen LogP contribution < -0.4 is 0 Å². The van der Waals surface area contributed by atoms with Gasteiger partial charge in [0, 0.05) is 19.6 Å². The minimum Gasteiger partial charge on any atom is -0.327 e. The number of quaternary nitrogens is 3. The van der Waals surface area contributed by atoms with Gasteiger partial charge in [0.25, 0.3) is 0 Å². The number of hydrogen-bond acceptors (Lipinski definition) is 1. The Morgan fingerprint density at radius 1 is 0.231 bits per heavy atom. The molecule has 0 heterocycles. The Morgan fingerprint density at radius 3 is 0.596 bits per heavy atom. The monoisotopic (exact) mass is 738 g/mol. The van der Waals surface area contributed by atoms with Gasteiger partial charge in [-0.1, -0.05) is 175 Å². The highest BCUT2D eigenvalue weighted by atomic mass is 15.4. The van der Waals surface area contributed by atoms with E-state index in [1.165, 1.54) is 265 Å². The normalized spacial score (nSPS) is 12.8. The fourth-order valence-electron chi connectivity index (χ4n) is 7.99. The molecule has 4 nitrogen and oxygen atoms in total. The van der Waals surface area contributed by atoms with Crippen molar-refractivity contribution in [3.8, 4) is 0 Å². The SMILES string of the molecule is CCCCCCCCCCCC[N+](C)(C)CCN(CC[N+](C)(C)CCCCCCCCCCCC)CC[N+](C)(C)CCCCCCCCCCCC. The van der Waals surface area contributed by atoms with E-state index in [9.17, 15) is 0 Å². The largest absolute Gasteiger partial charge is 0.327 e. The zero-order valence-electron chi connectivity index (χ0n) is 38.4. The predicted molar refractivity (Wildman–Crippen MR) is 237 cm³/mol. The Morgan fingerprint density at radius 2 is 0.404 bits per heavy atom. The summed E-state index contributed by atoms with van der Waals surface area (Å²) in [6.45, 7) is 18.6. The molecule has 0 unspecified atom stereocenters. The molecule has 0 aromatic carbocycles. The molecule has 0 aliphatic rings. The number of nitrogens with zero attached hydrogens (tertiary/aromatic N) is 4. The first-order valence-corrected chi connectivity index (χ1v) is 24.2. The molecule has 4 heteroatoms. The molecule has 0 fully saturated rings. The van der Waals surface area contributed by atoms with Crippen LogP contribution in [-0.4, -0.2) is 120 Å². The summed E-state index contributed by atoms with van der Waals surface area (Å²) in [6, 6.07) is 0. The number of hydrogen-bond donors (Lipinski definition) is 0. The zero-order chi connectivity index (χ0) is 38.7. The van der Waals surface area contributed by atoms with Crippen molar-refractivity contribution in [2.75, 3.05) is 101 Å². The summed E-state index contributed by atoms with van der Waals surface area (Å²) in [4.78, 5) is 2.87. The lowest BCUT2D eigenvalue weighted by atomic mass is 10.1. The van der Waals surface area contributed by atoms with E-state index >= 15 is 0 Å². The van der Waals surface area contributed by atoms with Crippen molar-refractivity contribution in [3.63, 3.8) is 0 Å². The van der Waals surface area contributed by atoms with Gasteiger partial charge in [0.2, 0.25) is 0 Å². The first kappa shape index (κ1) is 51.8. The van der Waals surface area contributed by atoms with Crippen molar-refractivity contribution in [1.29, 1.82) is 0 Å². The molecule has 0 amide bonds. The van der Waals surface area contributed by atoms with Crippen LogP contribution in [0.25, 0.3) is 0 Å². The highest BCUT2D eigenvalue weighted by molar-refractivity contribution is 4.60. The first-order chi connectivity index (χ1) is 25.0. The number of likely N-dealkylation sites (N-methyl/N-ethyl adjacent to an activating group) is 3. The molecule has 0 aromatic rings. The molecular weight excluding hydrogens is 633 g/mol. The number of unbranched alkanes of at least 4 members (excludes halogenated alkanes) is 27. The van der Waals surface area contributed by atoms with Crippen LogP contribution in [0.2, 0.25) is 0 Å². The Hall–Kier alpha value is -0.160. The van der Waals surface area contributed by atoms with E-state index in [0.717, 1.165) is 0 Å². The van der Waals surface area contributed by atoms with Crippen molar-refractivity contribution in [1.82, 2.24) is 4.90 Å². The van der Waals surface area contributed by atoms with Crippen LogP contribution in [0.1, 0.15) is 213 Å². The molecule has 0 aliphatic heterocycles. The molecule has 0 saturated carbocycles. The second kappa shape index (κ2) is 35.3. The Kier molecular flexibility index (Phi) is 35.2. The highest BCUT2D eigenvalue weighted by Crippen LogP contribution is 2.15. The van der Waals surface area contributed by atoms with Gasteiger partial charge in [-0.2, -0.15) is 0 Å². The van der Waals surface area contributed by atoms with Crippen molar-refractivity contribution < 1.29 is 13.4 Å². The van der Waals surface area contributed by atoms with Crippen molar-refractivity contribution in [2.45, 2.75) is 213 Å². The summed E-state index contributed by atoms with van der Waals surface area (Å²) < 4.78 is 3.55. The van der Waals surface area contributed by atoms with Crippen LogP contribution in [0.5, 0.6) is 0 Å². The average molecular weight is 738 g/mol. The molecule has 52 heavy (non-hydrogen) atoms. The van der Waals surface area contributed by atoms with E-state index < -0.39 is 0 Å². The first-order valence-electron chi connectivity index (χ1n) is 24.2. The van der Waals surface area contributed by atoms with E-state index in [1.807, 2.05) is 0 Å². The van der Waals surface area contributed by atoms with E-state index in [1.54, 1.807) is 0 Å². The highest BCUT2D eigenvalue weighted by Gasteiger charge is 2.23. The minimum absolute atomic E-state index is 1.18. The third kappa shape index (κ3) is 36.8. The molecule has 0 N–H and O–H groups in total. The predicted octanol–water partition coefficient (Wildman–Crippen LogP) is 13.3. The zero-order valence-corrected chi connectivity index (χ0v) is 38.4. The molecule has 0 atom stereocenters. The topological polar surface area (TPSA) is 3.24 Å². The smallest absolute Gasteiger partial charge is 0.0911 e. The van der Waals surface area contributed by atoms with E-state index in [2.05, 4.69) is 68.0 Å². The van der Waals surface area contributed by atoms with Crippen LogP contribution in [0.3, 0.4) is 0 Å². The van der Waals surface area contributed by atoms with Crippen molar-refractivity contribution in [2.24, 2.45) is 0 Å². The molecule has 0 bridgehead atoms. The van der Waals surface area contributed by atoms with Crippen LogP contribution in [-0.2, 0) is 0 Å². The molecule has 314 valence electrons. The van der Waals surface area contributed by atoms with Gasteiger partial charge in [-0.15, -0.1) is 0 Å². The second-order valence-electron chi connectivity index (χ2n) is 19.5. The number of rotatable bonds is 42. The summed E-state index contributed by atoms with van der Waals surface area (Å²) >= 11 is 0. The van der Waals surface area contributed by atoms with Crippen LogP contribution in [0, 0.1) is 0 Å². The molecule has 0 radical (unpaired) electrons. The van der Waals surface area contributed by atoms with Gasteiger partial charge in [0.05, 0.1) is 81.6 Å². The lowest BCUT2D eigenvalue weighted by Gasteiger charge is -2.37. The van der Waals surface area contributed by atoms with Crippen LogP contribution >= 0.6 is 0 Å². The van der Waals surface area contributed by atoms with Gasteiger partial charge in [-0.3, -0.25) is 4.90 Å². The Bertz CT molecular complexity index is 622. The summed E-state index contributed by atoms with van der Waals surface area (Å²) in [7, 11) is 15.0. The third-order valence-corrected chi connectivity index (χ3v) is 12.4. The standard InChI is InChI=1S/C48H105N4/c1-10-13-16-19-22-25-28-31-34-37-43-50(4,5)46-40-49(41-47-51(6,7)44-38-35-32-29-26-23-20-17-14-11-2)42-48-52(8,9)45-39-36-33-30-27-24-21-18-15-12-3/h10-48H2,1-9H3/q+3. The summed E-state index contributed by atoms with van der Waals surface area (Å²) in [5.74, 6) is 0. The molecular formula is C48H105N4+3. The molecule has 0 spiro atoms. The van der Waals surface area contributed by atoms with Crippen LogP contribution in [0.15, 0.2) is 0 Å². The van der Waals surface area contributed by atoms with E-state index in [0.29, 0.717) is 0 Å². The lowest BCUT2D eigenvalue weighted by molar-refractivity contribution is -0.895. The maximum Gasteiger partial charge on any atom is 0.0911 e. The quantitative estimate of drug-likeness (QED) is 0.0445. The van der Waals surface area contributed by atoms with Crippen molar-refractivity contribution >= 4 is 0 Å². The molecule has 0 rings (SSSR count). The fourth-order valence-corrected chi connectivity index (χ4v) is 7.99. The maximum absolute atomic E-state index is 2.87. The van der Waals surface area contributed by atoms with Gasteiger partial charge in [-0.05, 0) is 38.5 Å². The van der Waals surface area contributed by atoms with Gasteiger partial charge < -0.3 is 13.4 Å². The van der Waals surface area contributed by atoms with Gasteiger partial charge >= 0.3 is 0 Å². The third-order valence-electron chi connectivity index (χ3n) is 12.4. The molecule has 0 aromatic heterocycles. The second-order valence-corrected chi connectivity index (χ2v) is 19.5. The Labute approximate surface area is 332 Å².